The quantitative estimate of drug-likeness (QED) is 0.773. The molecule has 0 aliphatic carbocycles. The minimum absolute atomic E-state index is 0.0131. The van der Waals surface area contributed by atoms with Crippen molar-refractivity contribution in [2.45, 2.75) is 12.3 Å². The van der Waals surface area contributed by atoms with Crippen molar-refractivity contribution >= 4 is 10.0 Å². The molecule has 1 heterocycles. The van der Waals surface area contributed by atoms with Crippen LogP contribution >= 0.6 is 0 Å². The van der Waals surface area contributed by atoms with Crippen molar-refractivity contribution in [2.75, 3.05) is 40.3 Å². The Balaban J connectivity index is 1.91. The van der Waals surface area contributed by atoms with Crippen LogP contribution < -0.4 is 10.1 Å². The maximum atomic E-state index is 12.2. The second kappa shape index (κ2) is 7.33. The molecule has 0 radical (unpaired) electrons. The SMILES string of the molecule is CNCc1ccc(CS(=O)(=O)NN2CCN(C)CC2)cc1. The van der Waals surface area contributed by atoms with Gasteiger partial charge in [0.25, 0.3) is 0 Å². The maximum Gasteiger partial charge on any atom is 0.228 e. The van der Waals surface area contributed by atoms with Crippen LogP contribution in [0.5, 0.6) is 0 Å². The van der Waals surface area contributed by atoms with E-state index in [4.69, 9.17) is 0 Å². The van der Waals surface area contributed by atoms with Crippen LogP contribution in [-0.2, 0) is 22.3 Å². The van der Waals surface area contributed by atoms with Gasteiger partial charge >= 0.3 is 0 Å². The van der Waals surface area contributed by atoms with Gasteiger partial charge in [0.05, 0.1) is 5.75 Å². The fraction of sp³-hybridized carbons (Fsp3) is 0.571. The first-order valence-corrected chi connectivity index (χ1v) is 8.80. The zero-order valence-electron chi connectivity index (χ0n) is 12.7. The van der Waals surface area contributed by atoms with Crippen molar-refractivity contribution in [2.24, 2.45) is 0 Å². The molecule has 1 aromatic rings. The third kappa shape index (κ3) is 5.37. The molecule has 6 nitrogen and oxygen atoms in total. The Morgan fingerprint density at radius 2 is 1.62 bits per heavy atom. The van der Waals surface area contributed by atoms with Gasteiger partial charge in [-0.2, -0.15) is 0 Å². The Morgan fingerprint density at radius 1 is 1.05 bits per heavy atom. The van der Waals surface area contributed by atoms with Gasteiger partial charge in [0.15, 0.2) is 0 Å². The number of hydrogen-bond acceptors (Lipinski definition) is 5. The summed E-state index contributed by atoms with van der Waals surface area (Å²) in [7, 11) is 0.592. The molecular formula is C14H24N4O2S. The van der Waals surface area contributed by atoms with E-state index in [1.165, 1.54) is 0 Å². The number of hydrogen-bond donors (Lipinski definition) is 2. The second-order valence-electron chi connectivity index (χ2n) is 5.49. The summed E-state index contributed by atoms with van der Waals surface area (Å²) in [6.07, 6.45) is 0. The zero-order valence-corrected chi connectivity index (χ0v) is 13.5. The fourth-order valence-electron chi connectivity index (χ4n) is 2.30. The first-order chi connectivity index (χ1) is 9.98. The molecule has 2 N–H and O–H groups in total. The predicted octanol–water partition coefficient (Wildman–Crippen LogP) is -0.0122. The number of piperazine rings is 1. The Morgan fingerprint density at radius 3 is 2.19 bits per heavy atom. The van der Waals surface area contributed by atoms with Gasteiger partial charge in [-0.25, -0.2) is 13.4 Å². The molecule has 118 valence electrons. The van der Waals surface area contributed by atoms with Crippen LogP contribution in [0.2, 0.25) is 0 Å². The van der Waals surface area contributed by atoms with E-state index in [9.17, 15) is 8.42 Å². The van der Waals surface area contributed by atoms with E-state index in [2.05, 4.69) is 15.0 Å². The summed E-state index contributed by atoms with van der Waals surface area (Å²) in [5.41, 5.74) is 1.95. The van der Waals surface area contributed by atoms with Crippen molar-refractivity contribution in [3.8, 4) is 0 Å². The van der Waals surface area contributed by atoms with Crippen molar-refractivity contribution in [1.29, 1.82) is 0 Å². The molecule has 7 heteroatoms. The third-order valence-electron chi connectivity index (χ3n) is 3.53. The fourth-order valence-corrected chi connectivity index (χ4v) is 3.58. The number of sulfonamides is 1. The molecule has 1 aromatic carbocycles. The summed E-state index contributed by atoms with van der Waals surface area (Å²) in [5, 5.41) is 4.85. The minimum atomic E-state index is -3.34. The van der Waals surface area contributed by atoms with Crippen molar-refractivity contribution in [3.05, 3.63) is 35.4 Å². The van der Waals surface area contributed by atoms with Gasteiger partial charge in [-0.05, 0) is 25.2 Å². The largest absolute Gasteiger partial charge is 0.316 e. The Labute approximate surface area is 127 Å². The van der Waals surface area contributed by atoms with E-state index >= 15 is 0 Å². The summed E-state index contributed by atoms with van der Waals surface area (Å²) < 4.78 is 24.4. The van der Waals surface area contributed by atoms with E-state index in [1.54, 1.807) is 5.01 Å². The smallest absolute Gasteiger partial charge is 0.228 e. The molecule has 1 aliphatic rings. The Hall–Kier alpha value is -0.990. The molecule has 1 aliphatic heterocycles. The van der Waals surface area contributed by atoms with Gasteiger partial charge in [-0.1, -0.05) is 24.3 Å². The lowest BCUT2D eigenvalue weighted by Crippen LogP contribution is -2.52. The van der Waals surface area contributed by atoms with E-state index < -0.39 is 10.0 Å². The molecule has 1 fully saturated rings. The third-order valence-corrected chi connectivity index (χ3v) is 4.78. The molecular weight excluding hydrogens is 288 g/mol. The molecule has 0 bridgehead atoms. The number of nitrogens with zero attached hydrogens (tertiary/aromatic N) is 2. The first-order valence-electron chi connectivity index (χ1n) is 7.14. The highest BCUT2D eigenvalue weighted by molar-refractivity contribution is 7.88. The van der Waals surface area contributed by atoms with Gasteiger partial charge in [-0.3, -0.25) is 0 Å². The van der Waals surface area contributed by atoms with Crippen LogP contribution in [0, 0.1) is 0 Å². The average molecular weight is 312 g/mol. The molecule has 0 aromatic heterocycles. The highest BCUT2D eigenvalue weighted by atomic mass is 32.2. The Bertz CT molecular complexity index is 537. The zero-order chi connectivity index (χ0) is 15.3. The average Bonchev–Trinajstić information content (AvgIpc) is 2.43. The predicted molar refractivity (Wildman–Crippen MR) is 84.0 cm³/mol. The van der Waals surface area contributed by atoms with E-state index in [0.29, 0.717) is 0 Å². The summed E-state index contributed by atoms with van der Waals surface area (Å²) >= 11 is 0. The molecule has 0 atom stereocenters. The number of likely N-dealkylation sites (N-methyl/N-ethyl adjacent to an activating group) is 1. The molecule has 2 rings (SSSR count). The molecule has 0 unspecified atom stereocenters. The topological polar surface area (TPSA) is 64.7 Å². The molecule has 0 saturated carbocycles. The lowest BCUT2D eigenvalue weighted by molar-refractivity contribution is 0.134. The highest BCUT2D eigenvalue weighted by Gasteiger charge is 2.19. The van der Waals surface area contributed by atoms with Crippen LogP contribution in [0.3, 0.4) is 0 Å². The van der Waals surface area contributed by atoms with Gasteiger partial charge in [0, 0.05) is 32.7 Å². The Kier molecular flexibility index (Phi) is 5.72. The van der Waals surface area contributed by atoms with Gasteiger partial charge in [0.1, 0.15) is 0 Å². The molecule has 0 amide bonds. The van der Waals surface area contributed by atoms with Crippen LogP contribution in [0.25, 0.3) is 0 Å². The normalized spacial score (nSPS) is 18.0. The number of hydrazine groups is 1. The van der Waals surface area contributed by atoms with Crippen LogP contribution in [0.4, 0.5) is 0 Å². The van der Waals surface area contributed by atoms with E-state index in [1.807, 2.05) is 38.4 Å². The van der Waals surface area contributed by atoms with E-state index in [0.717, 1.165) is 43.9 Å². The number of nitrogens with one attached hydrogen (secondary N) is 2. The van der Waals surface area contributed by atoms with Crippen molar-refractivity contribution in [1.82, 2.24) is 20.1 Å². The summed E-state index contributed by atoms with van der Waals surface area (Å²) in [5.74, 6) is 0.0131. The van der Waals surface area contributed by atoms with Crippen LogP contribution in [-0.4, -0.2) is 58.6 Å². The number of rotatable bonds is 6. The summed E-state index contributed by atoms with van der Waals surface area (Å²) in [4.78, 5) is 4.86. The summed E-state index contributed by atoms with van der Waals surface area (Å²) in [6, 6.07) is 7.65. The standard InChI is InChI=1S/C14H24N4O2S/c1-15-11-13-3-5-14(6-4-13)12-21(19,20)16-18-9-7-17(2)8-10-18/h3-6,15-16H,7-12H2,1-2H3. The highest BCUT2D eigenvalue weighted by Crippen LogP contribution is 2.08. The number of benzene rings is 1. The van der Waals surface area contributed by atoms with Gasteiger partial charge in [-0.15, -0.1) is 4.83 Å². The summed E-state index contributed by atoms with van der Waals surface area (Å²) in [6.45, 7) is 3.97. The molecule has 0 spiro atoms. The van der Waals surface area contributed by atoms with Crippen molar-refractivity contribution < 1.29 is 8.42 Å². The van der Waals surface area contributed by atoms with Crippen LogP contribution in [0.15, 0.2) is 24.3 Å². The van der Waals surface area contributed by atoms with Gasteiger partial charge in [0.2, 0.25) is 10.0 Å². The second-order valence-corrected chi connectivity index (χ2v) is 7.19. The lowest BCUT2D eigenvalue weighted by atomic mass is 10.1. The molecule has 1 saturated heterocycles. The van der Waals surface area contributed by atoms with E-state index in [-0.39, 0.29) is 5.75 Å². The minimum Gasteiger partial charge on any atom is -0.316 e. The molecule has 21 heavy (non-hydrogen) atoms. The van der Waals surface area contributed by atoms with Crippen LogP contribution in [0.1, 0.15) is 11.1 Å². The lowest BCUT2D eigenvalue weighted by Gasteiger charge is -2.32. The van der Waals surface area contributed by atoms with Gasteiger partial charge < -0.3 is 10.2 Å². The maximum absolute atomic E-state index is 12.2. The monoisotopic (exact) mass is 312 g/mol. The van der Waals surface area contributed by atoms with Crippen molar-refractivity contribution in [3.63, 3.8) is 0 Å². The first kappa shape index (κ1) is 16.4.